The molecule has 0 atom stereocenters. The highest BCUT2D eigenvalue weighted by atomic mass is 35.5. The summed E-state index contributed by atoms with van der Waals surface area (Å²) < 4.78 is 33.4. The Labute approximate surface area is 158 Å². The van der Waals surface area contributed by atoms with Gasteiger partial charge in [0.2, 0.25) is 0 Å². The Hall–Kier alpha value is -1.56. The normalized spacial score (nSPS) is 19.9. The van der Waals surface area contributed by atoms with Gasteiger partial charge in [0, 0.05) is 32.2 Å². The Morgan fingerprint density at radius 1 is 1.12 bits per heavy atom. The number of carbonyl (C=O) groups excluding carboxylic acids is 1. The van der Waals surface area contributed by atoms with Crippen LogP contribution in [0.2, 0.25) is 5.02 Å². The van der Waals surface area contributed by atoms with Crippen LogP contribution in [0.3, 0.4) is 0 Å². The lowest BCUT2D eigenvalue weighted by molar-refractivity contribution is 0.0122. The monoisotopic (exact) mass is 386 g/mol. The van der Waals surface area contributed by atoms with Crippen LogP contribution < -0.4 is 4.90 Å². The highest BCUT2D eigenvalue weighted by Crippen LogP contribution is 2.43. The van der Waals surface area contributed by atoms with E-state index in [-0.39, 0.29) is 22.2 Å². The van der Waals surface area contributed by atoms with Crippen molar-refractivity contribution in [2.45, 2.75) is 45.6 Å². The highest BCUT2D eigenvalue weighted by molar-refractivity contribution is 6.30. The molecule has 0 bridgehead atoms. The van der Waals surface area contributed by atoms with Gasteiger partial charge >= 0.3 is 6.09 Å². The number of carbonyl (C=O) groups is 1. The van der Waals surface area contributed by atoms with Crippen molar-refractivity contribution in [1.82, 2.24) is 4.90 Å². The summed E-state index contributed by atoms with van der Waals surface area (Å²) in [5.41, 5.74) is -0.216. The zero-order valence-corrected chi connectivity index (χ0v) is 16.2. The zero-order chi connectivity index (χ0) is 19.1. The van der Waals surface area contributed by atoms with Crippen LogP contribution in [0.15, 0.2) is 12.1 Å². The van der Waals surface area contributed by atoms with Gasteiger partial charge in [0.15, 0.2) is 0 Å². The maximum atomic E-state index is 14.2. The van der Waals surface area contributed by atoms with Crippen LogP contribution in [0, 0.1) is 17.0 Å². The van der Waals surface area contributed by atoms with Crippen molar-refractivity contribution < 1.29 is 18.3 Å². The van der Waals surface area contributed by atoms with Gasteiger partial charge in [0.1, 0.15) is 17.2 Å². The molecule has 1 spiro atoms. The first-order chi connectivity index (χ1) is 12.1. The molecule has 2 fully saturated rings. The predicted molar refractivity (Wildman–Crippen MR) is 97.7 cm³/mol. The molecule has 1 aromatic carbocycles. The molecule has 2 saturated heterocycles. The standard InChI is InChI=1S/C19H25ClF2N2O2/c1-18(2,3)26-17(25)23-7-4-19(5-8-23)6-9-24(12-19)16-11-14(21)13(20)10-15(16)22/h10-11H,4-9,12H2,1-3H3. The maximum absolute atomic E-state index is 14.2. The molecule has 0 aliphatic carbocycles. The lowest BCUT2D eigenvalue weighted by Crippen LogP contribution is -2.46. The topological polar surface area (TPSA) is 32.8 Å². The van der Waals surface area contributed by atoms with Crippen LogP contribution in [0.25, 0.3) is 0 Å². The molecule has 2 aliphatic heterocycles. The fourth-order valence-electron chi connectivity index (χ4n) is 3.79. The molecule has 0 N–H and O–H groups in total. The lowest BCUT2D eigenvalue weighted by atomic mass is 9.78. The third kappa shape index (κ3) is 4.05. The molecule has 7 heteroatoms. The quantitative estimate of drug-likeness (QED) is 0.647. The van der Waals surface area contributed by atoms with Crippen LogP contribution in [-0.2, 0) is 4.74 Å². The third-order valence-corrected chi connectivity index (χ3v) is 5.53. The average Bonchev–Trinajstić information content (AvgIpc) is 2.93. The number of hydrogen-bond acceptors (Lipinski definition) is 3. The first-order valence-corrected chi connectivity index (χ1v) is 9.34. The lowest BCUT2D eigenvalue weighted by Gasteiger charge is -2.39. The largest absolute Gasteiger partial charge is 0.444 e. The minimum atomic E-state index is -0.608. The van der Waals surface area contributed by atoms with Gasteiger partial charge in [0.05, 0.1) is 10.7 Å². The number of nitrogens with zero attached hydrogens (tertiary/aromatic N) is 2. The molecule has 0 unspecified atom stereocenters. The fraction of sp³-hybridized carbons (Fsp3) is 0.632. The van der Waals surface area contributed by atoms with Gasteiger partial charge in [-0.3, -0.25) is 0 Å². The number of hydrogen-bond donors (Lipinski definition) is 0. The number of ether oxygens (including phenoxy) is 1. The van der Waals surface area contributed by atoms with Gasteiger partial charge in [-0.1, -0.05) is 11.6 Å². The number of benzene rings is 1. The van der Waals surface area contributed by atoms with Crippen LogP contribution >= 0.6 is 11.6 Å². The summed E-state index contributed by atoms with van der Waals surface area (Å²) in [6.45, 7) is 8.14. The molecule has 0 aromatic heterocycles. The SMILES string of the molecule is CC(C)(C)OC(=O)N1CCC2(CC1)CCN(c1cc(F)c(Cl)cc1F)C2. The molecule has 1 amide bonds. The Balaban J connectivity index is 1.63. The van der Waals surface area contributed by atoms with Gasteiger partial charge in [-0.05, 0) is 51.5 Å². The van der Waals surface area contributed by atoms with E-state index in [2.05, 4.69) is 0 Å². The second kappa shape index (κ2) is 6.87. The number of amides is 1. The second-order valence-corrected chi connectivity index (χ2v) is 8.76. The first-order valence-electron chi connectivity index (χ1n) is 8.96. The van der Waals surface area contributed by atoms with Crippen molar-refractivity contribution in [1.29, 1.82) is 0 Å². The molecule has 26 heavy (non-hydrogen) atoms. The first kappa shape index (κ1) is 19.2. The average molecular weight is 387 g/mol. The molecular formula is C19H25ClF2N2O2. The number of halogens is 3. The zero-order valence-electron chi connectivity index (χ0n) is 15.4. The van der Waals surface area contributed by atoms with E-state index in [0.717, 1.165) is 25.3 Å². The highest BCUT2D eigenvalue weighted by Gasteiger charge is 2.42. The second-order valence-electron chi connectivity index (χ2n) is 8.36. The molecule has 1 aromatic rings. The van der Waals surface area contributed by atoms with E-state index in [9.17, 15) is 13.6 Å². The molecule has 0 saturated carbocycles. The van der Waals surface area contributed by atoms with Gasteiger partial charge in [-0.15, -0.1) is 0 Å². The number of likely N-dealkylation sites (tertiary alicyclic amines) is 1. The predicted octanol–water partition coefficient (Wildman–Crippen LogP) is 4.85. The minimum absolute atomic E-state index is 0.0288. The Morgan fingerprint density at radius 2 is 1.73 bits per heavy atom. The van der Waals surface area contributed by atoms with Gasteiger partial charge in [-0.2, -0.15) is 0 Å². The summed E-state index contributed by atoms with van der Waals surface area (Å²) in [5, 5.41) is -0.203. The summed E-state index contributed by atoms with van der Waals surface area (Å²) in [5.74, 6) is -1.11. The Bertz CT molecular complexity index is 698. The Kier molecular flexibility index (Phi) is 5.08. The van der Waals surface area contributed by atoms with Crippen molar-refractivity contribution in [2.75, 3.05) is 31.1 Å². The third-order valence-electron chi connectivity index (χ3n) is 5.24. The molecule has 144 valence electrons. The van der Waals surface area contributed by atoms with Gasteiger partial charge < -0.3 is 14.5 Å². The smallest absolute Gasteiger partial charge is 0.410 e. The van der Waals surface area contributed by atoms with Crippen molar-refractivity contribution in [3.8, 4) is 0 Å². The van der Waals surface area contributed by atoms with Crippen molar-refractivity contribution in [3.63, 3.8) is 0 Å². The van der Waals surface area contributed by atoms with Gasteiger partial charge in [-0.25, -0.2) is 13.6 Å². The minimum Gasteiger partial charge on any atom is -0.444 e. The van der Waals surface area contributed by atoms with E-state index in [0.29, 0.717) is 26.2 Å². The molecule has 2 aliphatic rings. The number of piperidine rings is 1. The summed E-state index contributed by atoms with van der Waals surface area (Å²) in [7, 11) is 0. The van der Waals surface area contributed by atoms with E-state index in [1.807, 2.05) is 25.7 Å². The van der Waals surface area contributed by atoms with Crippen LogP contribution in [0.5, 0.6) is 0 Å². The van der Waals surface area contributed by atoms with E-state index in [4.69, 9.17) is 16.3 Å². The summed E-state index contributed by atoms with van der Waals surface area (Å²) in [4.78, 5) is 15.8. The van der Waals surface area contributed by atoms with Crippen LogP contribution in [0.4, 0.5) is 19.3 Å². The van der Waals surface area contributed by atoms with E-state index < -0.39 is 17.2 Å². The van der Waals surface area contributed by atoms with E-state index in [1.165, 1.54) is 6.07 Å². The summed E-state index contributed by atoms with van der Waals surface area (Å²) in [6, 6.07) is 2.20. The Morgan fingerprint density at radius 3 is 2.35 bits per heavy atom. The number of rotatable bonds is 1. The van der Waals surface area contributed by atoms with Gasteiger partial charge in [0.25, 0.3) is 0 Å². The maximum Gasteiger partial charge on any atom is 0.410 e. The van der Waals surface area contributed by atoms with Crippen molar-refractivity contribution >= 4 is 23.4 Å². The molecular weight excluding hydrogens is 362 g/mol. The fourth-order valence-corrected chi connectivity index (χ4v) is 3.94. The summed E-state index contributed by atoms with van der Waals surface area (Å²) in [6.07, 6.45) is 2.28. The van der Waals surface area contributed by atoms with E-state index >= 15 is 0 Å². The van der Waals surface area contributed by atoms with Crippen molar-refractivity contribution in [2.24, 2.45) is 5.41 Å². The molecule has 0 radical (unpaired) electrons. The van der Waals surface area contributed by atoms with Crippen LogP contribution in [-0.4, -0.2) is 42.8 Å². The van der Waals surface area contributed by atoms with Crippen molar-refractivity contribution in [3.05, 3.63) is 28.8 Å². The molecule has 4 nitrogen and oxygen atoms in total. The number of anilines is 1. The van der Waals surface area contributed by atoms with Crippen LogP contribution in [0.1, 0.15) is 40.0 Å². The van der Waals surface area contributed by atoms with E-state index in [1.54, 1.807) is 4.90 Å². The summed E-state index contributed by atoms with van der Waals surface area (Å²) >= 11 is 5.64. The molecule has 3 rings (SSSR count). The molecule has 2 heterocycles.